The van der Waals surface area contributed by atoms with E-state index >= 15 is 0 Å². The van der Waals surface area contributed by atoms with Gasteiger partial charge in [-0.1, -0.05) is 155 Å². The summed E-state index contributed by atoms with van der Waals surface area (Å²) in [6.45, 7) is 3.10. The van der Waals surface area contributed by atoms with Gasteiger partial charge in [-0.2, -0.15) is 0 Å². The lowest BCUT2D eigenvalue weighted by Gasteiger charge is -2.26. The lowest BCUT2D eigenvalue weighted by molar-refractivity contribution is -0.873. The molecule has 0 unspecified atom stereocenters. The van der Waals surface area contributed by atoms with Crippen molar-refractivity contribution >= 4 is 5.97 Å². The third-order valence-electron chi connectivity index (χ3n) is 7.17. The Morgan fingerprint density at radius 1 is 0.579 bits per heavy atom. The molecule has 0 fully saturated rings. The normalized spacial score (nSPS) is 12.3. The van der Waals surface area contributed by atoms with Gasteiger partial charge in [-0.15, -0.1) is 0 Å². The monoisotopic (exact) mass is 544 g/mol. The van der Waals surface area contributed by atoms with Crippen LogP contribution < -0.4 is 5.11 Å². The van der Waals surface area contributed by atoms with Gasteiger partial charge in [0.25, 0.3) is 0 Å². The number of hydrogen-bond acceptors (Lipinski definition) is 4. The first-order valence-corrected chi connectivity index (χ1v) is 16.5. The molecule has 0 aliphatic carbocycles. The predicted molar refractivity (Wildman–Crippen MR) is 162 cm³/mol. The van der Waals surface area contributed by atoms with Gasteiger partial charge in [0, 0.05) is 19.0 Å². The van der Waals surface area contributed by atoms with Gasteiger partial charge < -0.3 is 24.6 Å². The molecule has 38 heavy (non-hydrogen) atoms. The van der Waals surface area contributed by atoms with Crippen LogP contribution in [-0.2, 0) is 4.79 Å². The molecule has 0 aromatic rings. The van der Waals surface area contributed by atoms with Crippen molar-refractivity contribution in [3.8, 4) is 0 Å². The third-order valence-corrected chi connectivity index (χ3v) is 7.17. The van der Waals surface area contributed by atoms with Crippen LogP contribution in [0, 0.1) is 0 Å². The number of aliphatic carboxylic acids is 1. The average Bonchev–Trinajstić information content (AvgIpc) is 2.83. The number of likely N-dealkylation sites (N-methyl/N-ethyl adjacent to an activating group) is 1. The van der Waals surface area contributed by atoms with Gasteiger partial charge in [-0.05, 0) is 6.42 Å². The Morgan fingerprint density at radius 3 is 1.05 bits per heavy atom. The maximum atomic E-state index is 10.0. The van der Waals surface area contributed by atoms with Crippen LogP contribution in [0.1, 0.15) is 167 Å². The number of aliphatic hydroxyl groups excluding tert-OH is 2. The summed E-state index contributed by atoms with van der Waals surface area (Å²) in [5, 5.41) is 27.9. The quantitative estimate of drug-likeness (QED) is 0.0788. The number of nitrogens with zero attached hydrogens (tertiary/aromatic N) is 1. The van der Waals surface area contributed by atoms with E-state index in [9.17, 15) is 9.90 Å². The van der Waals surface area contributed by atoms with Crippen molar-refractivity contribution in [1.82, 2.24) is 0 Å². The molecule has 1 atom stereocenters. The minimum Gasteiger partial charge on any atom is -0.550 e. The molecule has 5 nitrogen and oxygen atoms in total. The Hall–Kier alpha value is -0.650. The number of carbonyl (C=O) groups excluding carboxylic acids is 1. The summed E-state index contributed by atoms with van der Waals surface area (Å²) < 4.78 is 0.550. The van der Waals surface area contributed by atoms with E-state index in [-0.39, 0.29) is 6.42 Å². The maximum Gasteiger partial charge on any atom is 0.108 e. The van der Waals surface area contributed by atoms with E-state index in [0.29, 0.717) is 17.6 Å². The first kappa shape index (κ1) is 39.5. The minimum absolute atomic E-state index is 0.282. The Labute approximate surface area is 238 Å². The molecule has 2 N–H and O–H groups in total. The zero-order valence-electron chi connectivity index (χ0n) is 26.3. The van der Waals surface area contributed by atoms with Gasteiger partial charge in [0.2, 0.25) is 0 Å². The van der Waals surface area contributed by atoms with Gasteiger partial charge >= 0.3 is 0 Å². The van der Waals surface area contributed by atoms with E-state index in [1.54, 1.807) is 0 Å². The van der Waals surface area contributed by atoms with Crippen molar-refractivity contribution in [1.29, 1.82) is 0 Å². The second kappa shape index (κ2) is 30.9. The summed E-state index contributed by atoms with van der Waals surface area (Å²) in [4.78, 5) is 10.0. The van der Waals surface area contributed by atoms with Crippen molar-refractivity contribution in [2.75, 3.05) is 34.3 Å². The van der Waals surface area contributed by atoms with Crippen molar-refractivity contribution < 1.29 is 24.6 Å². The summed E-state index contributed by atoms with van der Waals surface area (Å²) in [7, 11) is 5.66. The van der Waals surface area contributed by atoms with Crippen LogP contribution in [0.5, 0.6) is 0 Å². The summed E-state index contributed by atoms with van der Waals surface area (Å²) >= 11 is 0. The lowest BCUT2D eigenvalue weighted by Crippen LogP contribution is -2.43. The molecule has 230 valence electrons. The third kappa shape index (κ3) is 39.9. The highest BCUT2D eigenvalue weighted by molar-refractivity contribution is 5.64. The lowest BCUT2D eigenvalue weighted by atomic mass is 10.0. The van der Waals surface area contributed by atoms with Gasteiger partial charge in [-0.3, -0.25) is 0 Å². The highest BCUT2D eigenvalue weighted by Gasteiger charge is 2.14. The molecule has 0 bridgehead atoms. The summed E-state index contributed by atoms with van der Waals surface area (Å²) in [5.41, 5.74) is 0. The standard InChI is InChI=1S/C26H54O.C7H15NO3/c1-2-3-4-5-6-7-8-9-10-11-12-13-14-15-16-17-18-19-20-21-22-23-24-25-26-27;1-8(2,3)5-6(9)4-7(10)11/h27H,2-26H2,1H3;6,9H,4-5H2,1-3H3/t;6-/m.1/s1. The molecule has 0 aliphatic heterocycles. The number of rotatable bonds is 28. The van der Waals surface area contributed by atoms with Gasteiger partial charge in [0.15, 0.2) is 0 Å². The number of hydrogen-bond donors (Lipinski definition) is 2. The van der Waals surface area contributed by atoms with Crippen molar-refractivity contribution in [3.05, 3.63) is 0 Å². The number of carboxylic acids is 1. The highest BCUT2D eigenvalue weighted by atomic mass is 16.4. The fourth-order valence-corrected chi connectivity index (χ4v) is 4.96. The molecule has 0 aliphatic rings. The van der Waals surface area contributed by atoms with E-state index in [1.807, 2.05) is 21.1 Å². The Morgan fingerprint density at radius 2 is 0.842 bits per heavy atom. The van der Waals surface area contributed by atoms with E-state index in [0.717, 1.165) is 6.42 Å². The summed E-state index contributed by atoms with van der Waals surface area (Å²) in [6, 6.07) is 0. The molecule has 5 heteroatoms. The molecular weight excluding hydrogens is 474 g/mol. The first-order chi connectivity index (χ1) is 18.2. The Kier molecular flexibility index (Phi) is 32.1. The van der Waals surface area contributed by atoms with Crippen LogP contribution in [0.4, 0.5) is 0 Å². The molecule has 0 saturated heterocycles. The number of carboxylic acid groups (broad SMARTS) is 1. The van der Waals surface area contributed by atoms with Gasteiger partial charge in [-0.25, -0.2) is 0 Å². The van der Waals surface area contributed by atoms with Crippen LogP contribution in [0.2, 0.25) is 0 Å². The zero-order chi connectivity index (χ0) is 28.7. The fourth-order valence-electron chi connectivity index (χ4n) is 4.96. The number of aliphatic hydroxyl groups is 2. The van der Waals surface area contributed by atoms with E-state index in [1.165, 1.54) is 148 Å². The average molecular weight is 544 g/mol. The molecule has 0 rings (SSSR count). The highest BCUT2D eigenvalue weighted by Crippen LogP contribution is 2.15. The second-order valence-electron chi connectivity index (χ2n) is 12.6. The molecule has 0 aromatic carbocycles. The summed E-state index contributed by atoms with van der Waals surface area (Å²) in [6.07, 6.45) is 33.0. The van der Waals surface area contributed by atoms with Crippen molar-refractivity contribution in [2.45, 2.75) is 174 Å². The molecule has 0 radical (unpaired) electrons. The fraction of sp³-hybridized carbons (Fsp3) is 0.970. The number of carbonyl (C=O) groups is 1. The van der Waals surface area contributed by atoms with Crippen molar-refractivity contribution in [2.24, 2.45) is 0 Å². The topological polar surface area (TPSA) is 80.6 Å². The van der Waals surface area contributed by atoms with Crippen LogP contribution in [-0.4, -0.2) is 61.1 Å². The molecule has 0 heterocycles. The second-order valence-corrected chi connectivity index (χ2v) is 12.6. The largest absolute Gasteiger partial charge is 0.550 e. The minimum atomic E-state index is -1.20. The molecule has 0 amide bonds. The predicted octanol–water partition coefficient (Wildman–Crippen LogP) is 7.55. The molecule has 0 saturated carbocycles. The molecule has 0 aromatic heterocycles. The molecule has 0 spiro atoms. The van der Waals surface area contributed by atoms with Crippen molar-refractivity contribution in [3.63, 3.8) is 0 Å². The maximum absolute atomic E-state index is 10.0. The summed E-state index contributed by atoms with van der Waals surface area (Å²) in [5.74, 6) is -1.20. The van der Waals surface area contributed by atoms with Crippen LogP contribution in [0.3, 0.4) is 0 Å². The smallest absolute Gasteiger partial charge is 0.108 e. The number of unbranched alkanes of at least 4 members (excludes halogenated alkanes) is 23. The molecular formula is C33H69NO4. The Bertz CT molecular complexity index is 440. The van der Waals surface area contributed by atoms with E-state index in [4.69, 9.17) is 10.2 Å². The van der Waals surface area contributed by atoms with Gasteiger partial charge in [0.1, 0.15) is 12.6 Å². The number of quaternary nitrogens is 1. The van der Waals surface area contributed by atoms with Crippen LogP contribution in [0.25, 0.3) is 0 Å². The Balaban J connectivity index is 0. The zero-order valence-corrected chi connectivity index (χ0v) is 26.3. The van der Waals surface area contributed by atoms with E-state index < -0.39 is 12.1 Å². The first-order valence-electron chi connectivity index (χ1n) is 16.5. The van der Waals surface area contributed by atoms with Crippen LogP contribution in [0.15, 0.2) is 0 Å². The van der Waals surface area contributed by atoms with E-state index in [2.05, 4.69) is 6.92 Å². The SMILES string of the molecule is CCCCCCCCCCCCCCCCCCCCCCCCCCO.C[N+](C)(C)C[C@H](O)CC(=O)[O-]. The van der Waals surface area contributed by atoms with Crippen LogP contribution >= 0.6 is 0 Å². The van der Waals surface area contributed by atoms with Gasteiger partial charge in [0.05, 0.1) is 21.1 Å².